The van der Waals surface area contributed by atoms with Crippen LogP contribution in [-0.2, 0) is 9.53 Å². The fourth-order valence-electron chi connectivity index (χ4n) is 2.64. The fourth-order valence-corrected chi connectivity index (χ4v) is 2.64. The SMILES string of the molecule is CC(C)(C)OC(=O)NCC(C)(C)N(CC=O)N1CCC[C@H]1C#N. The molecule has 0 unspecified atom stereocenters. The molecule has 1 heterocycles. The first-order valence-corrected chi connectivity index (χ1v) is 7.95. The molecule has 0 aromatic carbocycles. The molecule has 1 aliphatic rings. The molecular formula is C16H28N4O3. The Morgan fingerprint density at radius 2 is 2.09 bits per heavy atom. The van der Waals surface area contributed by atoms with Crippen LogP contribution in [0.15, 0.2) is 0 Å². The van der Waals surface area contributed by atoms with E-state index in [9.17, 15) is 14.9 Å². The number of nitriles is 1. The maximum atomic E-state index is 11.8. The van der Waals surface area contributed by atoms with Gasteiger partial charge in [0, 0.05) is 18.6 Å². The Hall–Kier alpha value is -1.65. The smallest absolute Gasteiger partial charge is 0.407 e. The minimum Gasteiger partial charge on any atom is -0.444 e. The highest BCUT2D eigenvalue weighted by Gasteiger charge is 2.37. The number of ether oxygens (including phenoxy) is 1. The zero-order chi connectivity index (χ0) is 17.7. The molecule has 1 atom stereocenters. The van der Waals surface area contributed by atoms with Gasteiger partial charge in [-0.2, -0.15) is 5.26 Å². The van der Waals surface area contributed by atoms with Crippen molar-refractivity contribution in [1.29, 1.82) is 5.26 Å². The summed E-state index contributed by atoms with van der Waals surface area (Å²) in [4.78, 5) is 22.9. The van der Waals surface area contributed by atoms with Gasteiger partial charge in [0.1, 0.15) is 17.9 Å². The van der Waals surface area contributed by atoms with Crippen molar-refractivity contribution in [3.8, 4) is 6.07 Å². The summed E-state index contributed by atoms with van der Waals surface area (Å²) < 4.78 is 5.24. The third-order valence-corrected chi connectivity index (χ3v) is 3.69. The first-order chi connectivity index (χ1) is 10.6. The number of hydrazine groups is 1. The second-order valence-electron chi connectivity index (χ2n) is 7.37. The van der Waals surface area contributed by atoms with E-state index in [1.54, 1.807) is 20.8 Å². The van der Waals surface area contributed by atoms with Crippen LogP contribution in [-0.4, -0.2) is 59.2 Å². The van der Waals surface area contributed by atoms with Gasteiger partial charge in [0.25, 0.3) is 0 Å². The number of carbonyl (C=O) groups is 2. The summed E-state index contributed by atoms with van der Waals surface area (Å²) in [7, 11) is 0. The predicted molar refractivity (Wildman–Crippen MR) is 86.4 cm³/mol. The zero-order valence-corrected chi connectivity index (χ0v) is 14.8. The number of alkyl carbamates (subject to hydrolysis) is 1. The van der Waals surface area contributed by atoms with Crippen molar-refractivity contribution in [3.05, 3.63) is 0 Å². The van der Waals surface area contributed by atoms with E-state index in [1.165, 1.54) is 0 Å². The van der Waals surface area contributed by atoms with Gasteiger partial charge >= 0.3 is 6.09 Å². The van der Waals surface area contributed by atoms with Crippen LogP contribution in [0.4, 0.5) is 4.79 Å². The number of amides is 1. The number of carbonyl (C=O) groups excluding carboxylic acids is 2. The highest BCUT2D eigenvalue weighted by Crippen LogP contribution is 2.25. The van der Waals surface area contributed by atoms with Crippen molar-refractivity contribution < 1.29 is 14.3 Å². The van der Waals surface area contributed by atoms with Crippen LogP contribution in [0, 0.1) is 11.3 Å². The Morgan fingerprint density at radius 1 is 1.43 bits per heavy atom. The molecule has 130 valence electrons. The number of nitrogens with one attached hydrogen (secondary N) is 1. The maximum absolute atomic E-state index is 11.8. The summed E-state index contributed by atoms with van der Waals surface area (Å²) in [6.45, 7) is 10.5. The van der Waals surface area contributed by atoms with Crippen molar-refractivity contribution in [2.45, 2.75) is 64.6 Å². The maximum Gasteiger partial charge on any atom is 0.407 e. The molecule has 0 saturated carbocycles. The zero-order valence-electron chi connectivity index (χ0n) is 14.8. The minimum atomic E-state index is -0.558. The van der Waals surface area contributed by atoms with Crippen LogP contribution in [0.2, 0.25) is 0 Å². The van der Waals surface area contributed by atoms with E-state index in [4.69, 9.17) is 4.74 Å². The third kappa shape index (κ3) is 5.81. The highest BCUT2D eigenvalue weighted by molar-refractivity contribution is 5.67. The van der Waals surface area contributed by atoms with Crippen LogP contribution in [0.1, 0.15) is 47.5 Å². The van der Waals surface area contributed by atoms with E-state index in [0.717, 1.165) is 25.7 Å². The molecule has 1 rings (SSSR count). The second-order valence-corrected chi connectivity index (χ2v) is 7.37. The Kier molecular flexibility index (Phi) is 6.54. The van der Waals surface area contributed by atoms with Gasteiger partial charge in [-0.3, -0.25) is 0 Å². The Balaban J connectivity index is 2.74. The quantitative estimate of drug-likeness (QED) is 0.748. The summed E-state index contributed by atoms with van der Waals surface area (Å²) in [6, 6.07) is 2.05. The highest BCUT2D eigenvalue weighted by atomic mass is 16.6. The van der Waals surface area contributed by atoms with Crippen molar-refractivity contribution >= 4 is 12.4 Å². The Morgan fingerprint density at radius 3 is 2.61 bits per heavy atom. The fraction of sp³-hybridized carbons (Fsp3) is 0.812. The van der Waals surface area contributed by atoms with E-state index in [1.807, 2.05) is 23.9 Å². The normalized spacial score (nSPS) is 19.4. The van der Waals surface area contributed by atoms with Gasteiger partial charge in [0.15, 0.2) is 0 Å². The molecule has 23 heavy (non-hydrogen) atoms. The van der Waals surface area contributed by atoms with Gasteiger partial charge in [-0.05, 0) is 47.5 Å². The molecule has 0 spiro atoms. The molecule has 1 aliphatic heterocycles. The molecule has 0 aliphatic carbocycles. The molecule has 0 radical (unpaired) electrons. The molecule has 1 fully saturated rings. The lowest BCUT2D eigenvalue weighted by molar-refractivity contribution is -0.125. The van der Waals surface area contributed by atoms with Gasteiger partial charge in [-0.25, -0.2) is 14.8 Å². The lowest BCUT2D eigenvalue weighted by Crippen LogP contribution is -2.60. The predicted octanol–water partition coefficient (Wildman–Crippen LogP) is 1.69. The monoisotopic (exact) mass is 324 g/mol. The topological polar surface area (TPSA) is 85.7 Å². The lowest BCUT2D eigenvalue weighted by atomic mass is 10.0. The van der Waals surface area contributed by atoms with Crippen molar-refractivity contribution in [1.82, 2.24) is 15.3 Å². The molecule has 0 aromatic heterocycles. The van der Waals surface area contributed by atoms with E-state index < -0.39 is 17.2 Å². The average molecular weight is 324 g/mol. The summed E-state index contributed by atoms with van der Waals surface area (Å²) in [5, 5.41) is 15.8. The van der Waals surface area contributed by atoms with Crippen LogP contribution in [0.25, 0.3) is 0 Å². The number of nitrogens with zero attached hydrogens (tertiary/aromatic N) is 3. The Labute approximate surface area is 138 Å². The molecular weight excluding hydrogens is 296 g/mol. The average Bonchev–Trinajstić information content (AvgIpc) is 2.88. The van der Waals surface area contributed by atoms with Gasteiger partial charge < -0.3 is 14.8 Å². The number of rotatable bonds is 6. The molecule has 1 amide bonds. The standard InChI is InChI=1S/C16H28N4O3/c1-15(2,3)23-14(22)18-12-16(4,5)20(9-10-21)19-8-6-7-13(19)11-17/h10,13H,6-9,12H2,1-5H3,(H,18,22)/t13-/m0/s1. The van der Waals surface area contributed by atoms with E-state index in [-0.39, 0.29) is 12.6 Å². The molecule has 1 saturated heterocycles. The van der Waals surface area contributed by atoms with Crippen LogP contribution in [0.5, 0.6) is 0 Å². The molecule has 7 nitrogen and oxygen atoms in total. The molecule has 0 bridgehead atoms. The molecule has 7 heteroatoms. The lowest BCUT2D eigenvalue weighted by Gasteiger charge is -2.44. The molecule has 1 N–H and O–H groups in total. The van der Waals surface area contributed by atoms with Gasteiger partial charge in [0.2, 0.25) is 0 Å². The van der Waals surface area contributed by atoms with Crippen LogP contribution >= 0.6 is 0 Å². The largest absolute Gasteiger partial charge is 0.444 e. The van der Waals surface area contributed by atoms with E-state index in [2.05, 4.69) is 11.4 Å². The summed E-state index contributed by atoms with van der Waals surface area (Å²) in [5.41, 5.74) is -1.07. The first-order valence-electron chi connectivity index (χ1n) is 7.95. The van der Waals surface area contributed by atoms with Gasteiger partial charge in [-0.15, -0.1) is 0 Å². The third-order valence-electron chi connectivity index (χ3n) is 3.69. The van der Waals surface area contributed by atoms with Crippen LogP contribution in [0.3, 0.4) is 0 Å². The van der Waals surface area contributed by atoms with Crippen LogP contribution < -0.4 is 5.32 Å². The van der Waals surface area contributed by atoms with E-state index in [0.29, 0.717) is 6.54 Å². The summed E-state index contributed by atoms with van der Waals surface area (Å²) >= 11 is 0. The van der Waals surface area contributed by atoms with Gasteiger partial charge in [0.05, 0.1) is 12.6 Å². The summed E-state index contributed by atoms with van der Waals surface area (Å²) in [6.07, 6.45) is 2.04. The minimum absolute atomic E-state index is 0.182. The number of aldehydes is 1. The molecule has 0 aromatic rings. The summed E-state index contributed by atoms with van der Waals surface area (Å²) in [5.74, 6) is 0. The van der Waals surface area contributed by atoms with Crippen molar-refractivity contribution in [2.24, 2.45) is 0 Å². The number of hydrogen-bond acceptors (Lipinski definition) is 6. The first kappa shape index (κ1) is 19.4. The van der Waals surface area contributed by atoms with E-state index >= 15 is 0 Å². The Bertz CT molecular complexity index is 465. The van der Waals surface area contributed by atoms with Crippen molar-refractivity contribution in [3.63, 3.8) is 0 Å². The van der Waals surface area contributed by atoms with Crippen molar-refractivity contribution in [2.75, 3.05) is 19.6 Å². The van der Waals surface area contributed by atoms with Gasteiger partial charge in [-0.1, -0.05) is 0 Å². The second kappa shape index (κ2) is 7.75. The number of hydrogen-bond donors (Lipinski definition) is 1.